The lowest BCUT2D eigenvalue weighted by Gasteiger charge is -2.08. The van der Waals surface area contributed by atoms with Crippen LogP contribution in [0.5, 0.6) is 11.5 Å². The fourth-order valence-electron chi connectivity index (χ4n) is 2.52. The van der Waals surface area contributed by atoms with Crippen molar-refractivity contribution in [3.63, 3.8) is 0 Å². The van der Waals surface area contributed by atoms with E-state index in [9.17, 15) is 18.0 Å². The summed E-state index contributed by atoms with van der Waals surface area (Å²) in [5.74, 6) is -1.27. The summed E-state index contributed by atoms with van der Waals surface area (Å²) in [7, 11) is 0. The first-order valence-electron chi connectivity index (χ1n) is 6.20. The third kappa shape index (κ3) is 2.01. The first-order chi connectivity index (χ1) is 10.8. The molecule has 0 amide bonds. The van der Waals surface area contributed by atoms with Gasteiger partial charge in [0.15, 0.2) is 16.9 Å². The van der Waals surface area contributed by atoms with Gasteiger partial charge in [-0.2, -0.15) is 0 Å². The highest BCUT2D eigenvalue weighted by Crippen LogP contribution is 2.48. The molecule has 0 saturated heterocycles. The van der Waals surface area contributed by atoms with Gasteiger partial charge in [-0.3, -0.25) is 4.79 Å². The molecule has 118 valence electrons. The average molecular weight is 407 g/mol. The van der Waals surface area contributed by atoms with E-state index in [2.05, 4.69) is 30.4 Å². The number of aromatic nitrogens is 1. The maximum absolute atomic E-state index is 14.0. The third-order valence-electron chi connectivity index (χ3n) is 3.45. The highest BCUT2D eigenvalue weighted by Gasteiger charge is 2.45. The Kier molecular flexibility index (Phi) is 2.90. The molecule has 0 radical (unpaired) electrons. The number of pyridine rings is 1. The molecular formula is C14H4BrClF3NO3. The SMILES string of the molecule is O=c1c2c(Br)c3c(cc2[nH]c2c(F)ccc(Cl)c12)OC(F)(F)O3. The Morgan fingerprint density at radius 2 is 1.96 bits per heavy atom. The number of alkyl halides is 2. The Bertz CT molecular complexity index is 1070. The summed E-state index contributed by atoms with van der Waals surface area (Å²) in [6.07, 6.45) is -3.84. The van der Waals surface area contributed by atoms with Crippen LogP contribution in [0.25, 0.3) is 21.8 Å². The summed E-state index contributed by atoms with van der Waals surface area (Å²) >= 11 is 9.04. The average Bonchev–Trinajstić information content (AvgIpc) is 2.77. The number of rotatable bonds is 0. The molecule has 2 heterocycles. The molecule has 2 aromatic carbocycles. The van der Waals surface area contributed by atoms with E-state index >= 15 is 0 Å². The van der Waals surface area contributed by atoms with Crippen molar-refractivity contribution in [3.05, 3.63) is 43.7 Å². The lowest BCUT2D eigenvalue weighted by molar-refractivity contribution is -0.286. The largest absolute Gasteiger partial charge is 0.586 e. The fourth-order valence-corrected chi connectivity index (χ4v) is 3.44. The van der Waals surface area contributed by atoms with Crippen LogP contribution in [0.15, 0.2) is 27.5 Å². The number of fused-ring (bicyclic) bond motifs is 3. The lowest BCUT2D eigenvalue weighted by atomic mass is 10.1. The zero-order chi connectivity index (χ0) is 16.5. The van der Waals surface area contributed by atoms with E-state index in [0.717, 1.165) is 12.1 Å². The molecule has 1 aliphatic heterocycles. The van der Waals surface area contributed by atoms with Gasteiger partial charge in [0.2, 0.25) is 0 Å². The van der Waals surface area contributed by atoms with Crippen LogP contribution in [-0.4, -0.2) is 11.3 Å². The van der Waals surface area contributed by atoms with Gasteiger partial charge in [0.1, 0.15) is 5.82 Å². The van der Waals surface area contributed by atoms with E-state index in [4.69, 9.17) is 11.6 Å². The quantitative estimate of drug-likeness (QED) is 0.557. The van der Waals surface area contributed by atoms with Crippen LogP contribution in [0, 0.1) is 5.82 Å². The molecule has 0 bridgehead atoms. The van der Waals surface area contributed by atoms with Crippen molar-refractivity contribution in [2.75, 3.05) is 0 Å². The van der Waals surface area contributed by atoms with Crippen molar-refractivity contribution in [1.82, 2.24) is 4.98 Å². The smallest absolute Gasteiger partial charge is 0.395 e. The maximum atomic E-state index is 14.0. The van der Waals surface area contributed by atoms with Crippen molar-refractivity contribution >= 4 is 49.3 Å². The Morgan fingerprint density at radius 3 is 2.70 bits per heavy atom. The number of aromatic amines is 1. The normalized spacial score (nSPS) is 15.5. The predicted octanol–water partition coefficient (Wildman–Crippen LogP) is 4.56. The van der Waals surface area contributed by atoms with Crippen LogP contribution >= 0.6 is 27.5 Å². The summed E-state index contributed by atoms with van der Waals surface area (Å²) in [6, 6.07) is 3.50. The highest BCUT2D eigenvalue weighted by molar-refractivity contribution is 9.10. The van der Waals surface area contributed by atoms with Crippen LogP contribution in [0.2, 0.25) is 5.02 Å². The molecule has 0 unspecified atom stereocenters. The molecule has 3 aromatic rings. The molecule has 1 aromatic heterocycles. The van der Waals surface area contributed by atoms with E-state index in [0.29, 0.717) is 0 Å². The Morgan fingerprint density at radius 1 is 1.22 bits per heavy atom. The first kappa shape index (κ1) is 14.6. The van der Waals surface area contributed by atoms with Gasteiger partial charge in [-0.05, 0) is 28.1 Å². The third-order valence-corrected chi connectivity index (χ3v) is 4.53. The summed E-state index contributed by atoms with van der Waals surface area (Å²) < 4.78 is 49.2. The van der Waals surface area contributed by atoms with Crippen LogP contribution in [0.1, 0.15) is 0 Å². The molecule has 4 nitrogen and oxygen atoms in total. The van der Waals surface area contributed by atoms with E-state index in [1.807, 2.05) is 0 Å². The number of nitrogens with one attached hydrogen (secondary N) is 1. The van der Waals surface area contributed by atoms with Crippen LogP contribution in [-0.2, 0) is 0 Å². The topological polar surface area (TPSA) is 51.3 Å². The second kappa shape index (κ2) is 4.55. The number of benzene rings is 2. The van der Waals surface area contributed by atoms with Crippen molar-refractivity contribution in [2.45, 2.75) is 6.29 Å². The molecular weight excluding hydrogens is 403 g/mol. The van der Waals surface area contributed by atoms with Gasteiger partial charge in [-0.1, -0.05) is 11.6 Å². The Labute approximate surface area is 138 Å². The van der Waals surface area contributed by atoms with Crippen LogP contribution < -0.4 is 14.9 Å². The molecule has 4 rings (SSSR count). The van der Waals surface area contributed by atoms with Gasteiger partial charge in [0.25, 0.3) is 0 Å². The molecule has 0 atom stereocenters. The Hall–Kier alpha value is -1.93. The minimum Gasteiger partial charge on any atom is -0.395 e. The number of H-pyrrole nitrogens is 1. The Balaban J connectivity index is 2.20. The number of ether oxygens (including phenoxy) is 2. The van der Waals surface area contributed by atoms with Crippen molar-refractivity contribution in [1.29, 1.82) is 0 Å². The molecule has 1 aliphatic rings. The number of hydrogen-bond donors (Lipinski definition) is 1. The summed E-state index contributed by atoms with van der Waals surface area (Å²) in [5.41, 5.74) is -0.630. The minimum absolute atomic E-state index is 0.00468. The summed E-state index contributed by atoms with van der Waals surface area (Å²) in [5, 5.41) is -0.0324. The highest BCUT2D eigenvalue weighted by atomic mass is 79.9. The molecule has 23 heavy (non-hydrogen) atoms. The van der Waals surface area contributed by atoms with Gasteiger partial charge in [0.05, 0.1) is 31.3 Å². The molecule has 0 fully saturated rings. The first-order valence-corrected chi connectivity index (χ1v) is 7.37. The van der Waals surface area contributed by atoms with Crippen molar-refractivity contribution < 1.29 is 22.6 Å². The van der Waals surface area contributed by atoms with Crippen LogP contribution in [0.3, 0.4) is 0 Å². The second-order valence-corrected chi connectivity index (χ2v) is 6.04. The van der Waals surface area contributed by atoms with Crippen molar-refractivity contribution in [2.24, 2.45) is 0 Å². The zero-order valence-corrected chi connectivity index (χ0v) is 13.2. The van der Waals surface area contributed by atoms with Crippen molar-refractivity contribution in [3.8, 4) is 11.5 Å². The predicted molar refractivity (Wildman–Crippen MR) is 80.9 cm³/mol. The maximum Gasteiger partial charge on any atom is 0.586 e. The van der Waals surface area contributed by atoms with Gasteiger partial charge >= 0.3 is 6.29 Å². The molecule has 0 aliphatic carbocycles. The zero-order valence-electron chi connectivity index (χ0n) is 10.8. The molecule has 1 N–H and O–H groups in total. The van der Waals surface area contributed by atoms with Crippen LogP contribution in [0.4, 0.5) is 13.2 Å². The molecule has 0 saturated carbocycles. The second-order valence-electron chi connectivity index (χ2n) is 4.84. The molecule has 9 heteroatoms. The monoisotopic (exact) mass is 405 g/mol. The minimum atomic E-state index is -3.84. The van der Waals surface area contributed by atoms with E-state index < -0.39 is 17.5 Å². The standard InChI is InChI=1S/C14H4BrClF3NO3/c15-10-9-6(3-7-13(10)23-14(18,19)22-7)20-11-5(17)2-1-4(16)8(11)12(9)21/h1-3H,(H,20,21). The van der Waals surface area contributed by atoms with Gasteiger partial charge in [0, 0.05) is 6.07 Å². The summed E-state index contributed by atoms with van der Waals surface area (Å²) in [4.78, 5) is 15.3. The van der Waals surface area contributed by atoms with Gasteiger partial charge in [-0.25, -0.2) is 4.39 Å². The number of halogens is 5. The van der Waals surface area contributed by atoms with E-state index in [-0.39, 0.29) is 42.8 Å². The van der Waals surface area contributed by atoms with Gasteiger partial charge in [-0.15, -0.1) is 8.78 Å². The molecule has 0 spiro atoms. The fraction of sp³-hybridized carbons (Fsp3) is 0.0714. The van der Waals surface area contributed by atoms with Gasteiger partial charge < -0.3 is 14.5 Å². The lowest BCUT2D eigenvalue weighted by Crippen LogP contribution is -2.26. The summed E-state index contributed by atoms with van der Waals surface area (Å²) in [6.45, 7) is 0. The van der Waals surface area contributed by atoms with E-state index in [1.165, 1.54) is 6.07 Å². The van der Waals surface area contributed by atoms with E-state index in [1.54, 1.807) is 0 Å². The number of hydrogen-bond acceptors (Lipinski definition) is 3.